The van der Waals surface area contributed by atoms with Gasteiger partial charge >= 0.3 is 0 Å². The first-order valence-corrected chi connectivity index (χ1v) is 11.8. The Morgan fingerprint density at radius 1 is 0.879 bits per heavy atom. The summed E-state index contributed by atoms with van der Waals surface area (Å²) < 4.78 is 74.3. The van der Waals surface area contributed by atoms with Crippen molar-refractivity contribution in [3.8, 4) is 0 Å². The van der Waals surface area contributed by atoms with Gasteiger partial charge in [-0.05, 0) is 94.2 Å². The Bertz CT molecular complexity index is 1060. The van der Waals surface area contributed by atoms with Crippen LogP contribution < -0.4 is 0 Å². The van der Waals surface area contributed by atoms with Crippen LogP contribution in [-0.2, 0) is 6.42 Å². The van der Waals surface area contributed by atoms with Gasteiger partial charge in [-0.15, -0.1) is 0 Å². The van der Waals surface area contributed by atoms with E-state index in [1.165, 1.54) is 12.1 Å². The molecule has 0 aliphatic heterocycles. The molecule has 0 radical (unpaired) electrons. The van der Waals surface area contributed by atoms with Crippen LogP contribution in [-0.4, -0.2) is 0 Å². The van der Waals surface area contributed by atoms with Gasteiger partial charge in [0.05, 0.1) is 5.39 Å². The number of aryl methyl sites for hydroxylation is 1. The SMILES string of the molecule is C/C=C/CCc1cc2ccc(C(F)=C(F)C3CCC(CC/C=C/C)CC3)c(F)c2c(F)c1F. The summed E-state index contributed by atoms with van der Waals surface area (Å²) in [4.78, 5) is 0. The first-order chi connectivity index (χ1) is 15.9. The lowest BCUT2D eigenvalue weighted by atomic mass is 9.79. The maximum absolute atomic E-state index is 15.1. The zero-order valence-electron chi connectivity index (χ0n) is 19.2. The van der Waals surface area contributed by atoms with Gasteiger partial charge in [-0.2, -0.15) is 0 Å². The average Bonchev–Trinajstić information content (AvgIpc) is 2.82. The number of fused-ring (bicyclic) bond motifs is 1. The number of rotatable bonds is 8. The summed E-state index contributed by atoms with van der Waals surface area (Å²) in [6.07, 6.45) is 13.1. The summed E-state index contributed by atoms with van der Waals surface area (Å²) in [5.74, 6) is -6.23. The quantitative estimate of drug-likeness (QED) is 0.271. The van der Waals surface area contributed by atoms with Crippen molar-refractivity contribution in [1.29, 1.82) is 0 Å². The summed E-state index contributed by atoms with van der Waals surface area (Å²) in [6.45, 7) is 3.79. The third-order valence-corrected chi connectivity index (χ3v) is 6.64. The van der Waals surface area contributed by atoms with Crippen molar-refractivity contribution >= 4 is 16.6 Å². The minimum absolute atomic E-state index is 0.124. The standard InChI is InChI=1S/C28H31F5/c1-3-5-7-9-18-11-13-19(14-12-18)24(29)27(32)22-16-15-20-17-21(10-8-6-4-2)25(30)28(33)23(20)26(22)31/h3-6,15-19H,7-14H2,1-2H3/b5-3+,6-4+,27-24?. The molecule has 0 unspecified atom stereocenters. The molecule has 5 heteroatoms. The Labute approximate surface area is 192 Å². The van der Waals surface area contributed by atoms with Crippen LogP contribution in [0.15, 0.2) is 48.3 Å². The second-order valence-electron chi connectivity index (χ2n) is 8.82. The Morgan fingerprint density at radius 2 is 1.55 bits per heavy atom. The van der Waals surface area contributed by atoms with Gasteiger partial charge in [-0.1, -0.05) is 30.4 Å². The van der Waals surface area contributed by atoms with Gasteiger partial charge in [0, 0.05) is 11.5 Å². The van der Waals surface area contributed by atoms with E-state index < -0.39 is 46.0 Å². The van der Waals surface area contributed by atoms with Gasteiger partial charge in [0.2, 0.25) is 0 Å². The van der Waals surface area contributed by atoms with Crippen molar-refractivity contribution < 1.29 is 22.0 Å². The fourth-order valence-corrected chi connectivity index (χ4v) is 4.70. The van der Waals surface area contributed by atoms with Crippen molar-refractivity contribution in [3.63, 3.8) is 0 Å². The fourth-order valence-electron chi connectivity index (χ4n) is 4.70. The van der Waals surface area contributed by atoms with E-state index >= 15 is 4.39 Å². The largest absolute Gasteiger partial charge is 0.208 e. The maximum atomic E-state index is 15.1. The zero-order chi connectivity index (χ0) is 24.0. The highest BCUT2D eigenvalue weighted by Gasteiger charge is 2.28. The molecule has 33 heavy (non-hydrogen) atoms. The Morgan fingerprint density at radius 3 is 2.21 bits per heavy atom. The highest BCUT2D eigenvalue weighted by molar-refractivity contribution is 5.88. The third kappa shape index (κ3) is 5.74. The molecule has 0 nitrogen and oxygen atoms in total. The predicted octanol–water partition coefficient (Wildman–Crippen LogP) is 9.54. The van der Waals surface area contributed by atoms with Crippen LogP contribution in [0, 0.1) is 29.3 Å². The van der Waals surface area contributed by atoms with Gasteiger partial charge in [0.15, 0.2) is 17.5 Å². The average molecular weight is 463 g/mol. The lowest BCUT2D eigenvalue weighted by Gasteiger charge is -2.27. The lowest BCUT2D eigenvalue weighted by Crippen LogP contribution is -2.15. The molecular formula is C28H31F5. The molecule has 0 heterocycles. The van der Waals surface area contributed by atoms with E-state index in [1.54, 1.807) is 6.08 Å². The van der Waals surface area contributed by atoms with Gasteiger partial charge < -0.3 is 0 Å². The zero-order valence-corrected chi connectivity index (χ0v) is 19.2. The van der Waals surface area contributed by atoms with Gasteiger partial charge in [0.1, 0.15) is 11.6 Å². The number of halogens is 5. The summed E-state index contributed by atoms with van der Waals surface area (Å²) in [6, 6.07) is 3.81. The van der Waals surface area contributed by atoms with Gasteiger partial charge in [-0.25, -0.2) is 22.0 Å². The summed E-state index contributed by atoms with van der Waals surface area (Å²) in [5, 5.41) is -0.518. The molecule has 1 fully saturated rings. The molecule has 0 saturated heterocycles. The molecular weight excluding hydrogens is 431 g/mol. The van der Waals surface area contributed by atoms with E-state index in [0.29, 0.717) is 25.2 Å². The normalized spacial score (nSPS) is 20.2. The van der Waals surface area contributed by atoms with Crippen molar-refractivity contribution in [3.05, 3.63) is 76.9 Å². The van der Waals surface area contributed by atoms with Crippen LogP contribution in [0.25, 0.3) is 16.6 Å². The van der Waals surface area contributed by atoms with Crippen LogP contribution in [0.1, 0.15) is 69.9 Å². The number of hydrogen-bond acceptors (Lipinski definition) is 0. The highest BCUT2D eigenvalue weighted by Crippen LogP contribution is 2.40. The van der Waals surface area contributed by atoms with Crippen molar-refractivity contribution in [2.45, 2.75) is 65.2 Å². The van der Waals surface area contributed by atoms with E-state index in [2.05, 4.69) is 6.08 Å². The van der Waals surface area contributed by atoms with Crippen LogP contribution >= 0.6 is 0 Å². The molecule has 3 rings (SSSR count). The second kappa shape index (κ2) is 11.6. The molecule has 0 N–H and O–H groups in total. The Hall–Kier alpha value is -2.43. The molecule has 0 amide bonds. The minimum Gasteiger partial charge on any atom is -0.208 e. The Balaban J connectivity index is 1.85. The van der Waals surface area contributed by atoms with Crippen LogP contribution in [0.4, 0.5) is 22.0 Å². The number of benzene rings is 2. The molecule has 2 aromatic carbocycles. The molecule has 1 saturated carbocycles. The summed E-state index contributed by atoms with van der Waals surface area (Å²) in [5.41, 5.74) is -0.534. The van der Waals surface area contributed by atoms with Gasteiger partial charge in [0.25, 0.3) is 0 Å². The van der Waals surface area contributed by atoms with Crippen LogP contribution in [0.2, 0.25) is 0 Å². The predicted molar refractivity (Wildman–Crippen MR) is 126 cm³/mol. The van der Waals surface area contributed by atoms with Gasteiger partial charge in [-0.3, -0.25) is 0 Å². The van der Waals surface area contributed by atoms with E-state index in [1.807, 2.05) is 26.0 Å². The fraction of sp³-hybridized carbons (Fsp3) is 0.429. The van der Waals surface area contributed by atoms with Crippen LogP contribution in [0.3, 0.4) is 0 Å². The van der Waals surface area contributed by atoms with Crippen molar-refractivity contribution in [1.82, 2.24) is 0 Å². The monoisotopic (exact) mass is 462 g/mol. The lowest BCUT2D eigenvalue weighted by molar-refractivity contribution is 0.263. The van der Waals surface area contributed by atoms with E-state index in [-0.39, 0.29) is 17.4 Å². The Kier molecular flexibility index (Phi) is 8.87. The second-order valence-corrected chi connectivity index (χ2v) is 8.82. The molecule has 0 bridgehead atoms. The molecule has 0 aromatic heterocycles. The minimum atomic E-state index is -1.36. The third-order valence-electron chi connectivity index (χ3n) is 6.64. The topological polar surface area (TPSA) is 0 Å². The summed E-state index contributed by atoms with van der Waals surface area (Å²) >= 11 is 0. The highest BCUT2D eigenvalue weighted by atomic mass is 19.2. The first-order valence-electron chi connectivity index (χ1n) is 11.8. The van der Waals surface area contributed by atoms with Crippen LogP contribution in [0.5, 0.6) is 0 Å². The molecule has 178 valence electrons. The molecule has 2 aromatic rings. The maximum Gasteiger partial charge on any atom is 0.169 e. The molecule has 0 atom stereocenters. The van der Waals surface area contributed by atoms with Crippen molar-refractivity contribution in [2.24, 2.45) is 11.8 Å². The first kappa shape index (κ1) is 25.2. The molecule has 0 spiro atoms. The number of allylic oxidation sites excluding steroid dienone is 5. The van der Waals surface area contributed by atoms with E-state index in [0.717, 1.165) is 31.7 Å². The molecule has 1 aliphatic rings. The smallest absolute Gasteiger partial charge is 0.169 e. The summed E-state index contributed by atoms with van der Waals surface area (Å²) in [7, 11) is 0. The van der Waals surface area contributed by atoms with Crippen molar-refractivity contribution in [2.75, 3.05) is 0 Å². The van der Waals surface area contributed by atoms with E-state index in [9.17, 15) is 17.6 Å². The number of hydrogen-bond donors (Lipinski definition) is 0. The van der Waals surface area contributed by atoms with E-state index in [4.69, 9.17) is 0 Å². The molecule has 1 aliphatic carbocycles.